The lowest BCUT2D eigenvalue weighted by molar-refractivity contribution is -0.123. The van der Waals surface area contributed by atoms with Crippen LogP contribution in [0.5, 0.6) is 0 Å². The number of aromatic nitrogens is 1. The molecule has 2 rings (SSSR count). The van der Waals surface area contributed by atoms with E-state index in [4.69, 9.17) is 5.11 Å². The van der Waals surface area contributed by atoms with Gasteiger partial charge in [-0.25, -0.2) is 0 Å². The number of nitrogens with zero attached hydrogens (tertiary/aromatic N) is 1. The van der Waals surface area contributed by atoms with Crippen molar-refractivity contribution < 1.29 is 9.90 Å². The molecule has 4 nitrogen and oxygen atoms in total. The predicted molar refractivity (Wildman–Crippen MR) is 79.4 cm³/mol. The van der Waals surface area contributed by atoms with Crippen LogP contribution in [0.2, 0.25) is 0 Å². The van der Waals surface area contributed by atoms with Crippen molar-refractivity contribution in [2.75, 3.05) is 6.61 Å². The molecule has 1 heterocycles. The van der Waals surface area contributed by atoms with E-state index < -0.39 is 5.54 Å². The Hall–Kier alpha value is -1.94. The van der Waals surface area contributed by atoms with Gasteiger partial charge in [0, 0.05) is 17.5 Å². The summed E-state index contributed by atoms with van der Waals surface area (Å²) in [7, 11) is 0. The van der Waals surface area contributed by atoms with Crippen molar-refractivity contribution >= 4 is 16.8 Å². The van der Waals surface area contributed by atoms with Crippen molar-refractivity contribution in [3.05, 3.63) is 42.1 Å². The summed E-state index contributed by atoms with van der Waals surface area (Å²) in [5, 5.41) is 13.0. The second kappa shape index (κ2) is 6.01. The first kappa shape index (κ1) is 14.5. The normalized spacial score (nSPS) is 11.6. The number of hydrogen-bond donors (Lipinski definition) is 2. The second-order valence-corrected chi connectivity index (χ2v) is 5.59. The maximum atomic E-state index is 11.8. The Labute approximate surface area is 118 Å². The van der Waals surface area contributed by atoms with E-state index in [1.165, 1.54) is 0 Å². The van der Waals surface area contributed by atoms with Crippen LogP contribution in [0.1, 0.15) is 26.0 Å². The molecule has 0 aliphatic carbocycles. The minimum atomic E-state index is -0.575. The topological polar surface area (TPSA) is 62.2 Å². The van der Waals surface area contributed by atoms with Crippen molar-refractivity contribution in [3.8, 4) is 0 Å². The fraction of sp³-hybridized carbons (Fsp3) is 0.375. The van der Waals surface area contributed by atoms with Gasteiger partial charge in [0.05, 0.1) is 17.7 Å². The van der Waals surface area contributed by atoms with Crippen LogP contribution in [0.15, 0.2) is 36.4 Å². The third-order valence-corrected chi connectivity index (χ3v) is 3.14. The molecule has 0 bridgehead atoms. The SMILES string of the molecule is CC(C)(CO)NC(=O)CCc1ccc2ccccc2n1. The highest BCUT2D eigenvalue weighted by molar-refractivity contribution is 5.79. The number of rotatable bonds is 5. The number of aliphatic hydroxyl groups is 1. The Bertz CT molecular complexity index is 608. The van der Waals surface area contributed by atoms with E-state index in [1.54, 1.807) is 13.8 Å². The highest BCUT2D eigenvalue weighted by atomic mass is 16.3. The number of aryl methyl sites for hydroxylation is 1. The molecule has 0 radical (unpaired) electrons. The third-order valence-electron chi connectivity index (χ3n) is 3.14. The Morgan fingerprint density at radius 2 is 2.00 bits per heavy atom. The van der Waals surface area contributed by atoms with Gasteiger partial charge < -0.3 is 10.4 Å². The quantitative estimate of drug-likeness (QED) is 0.875. The zero-order chi connectivity index (χ0) is 14.6. The van der Waals surface area contributed by atoms with Gasteiger partial charge in [0.15, 0.2) is 0 Å². The molecule has 0 atom stereocenters. The number of benzene rings is 1. The van der Waals surface area contributed by atoms with E-state index in [2.05, 4.69) is 10.3 Å². The lowest BCUT2D eigenvalue weighted by Crippen LogP contribution is -2.46. The summed E-state index contributed by atoms with van der Waals surface area (Å²) in [4.78, 5) is 16.3. The lowest BCUT2D eigenvalue weighted by Gasteiger charge is -2.23. The Kier molecular flexibility index (Phi) is 4.35. The van der Waals surface area contributed by atoms with Gasteiger partial charge in [-0.05, 0) is 32.4 Å². The number of aliphatic hydroxyl groups excluding tert-OH is 1. The number of fused-ring (bicyclic) bond motifs is 1. The van der Waals surface area contributed by atoms with Gasteiger partial charge in [0.2, 0.25) is 5.91 Å². The molecular weight excluding hydrogens is 252 g/mol. The Morgan fingerprint density at radius 1 is 1.25 bits per heavy atom. The Morgan fingerprint density at radius 3 is 2.75 bits per heavy atom. The zero-order valence-electron chi connectivity index (χ0n) is 11.9. The molecule has 1 amide bonds. The van der Waals surface area contributed by atoms with Crippen LogP contribution in [0.4, 0.5) is 0 Å². The summed E-state index contributed by atoms with van der Waals surface area (Å²) < 4.78 is 0. The molecule has 0 aliphatic heterocycles. The highest BCUT2D eigenvalue weighted by Gasteiger charge is 2.18. The van der Waals surface area contributed by atoms with Crippen molar-refractivity contribution in [2.24, 2.45) is 0 Å². The van der Waals surface area contributed by atoms with Crippen LogP contribution in [-0.2, 0) is 11.2 Å². The van der Waals surface area contributed by atoms with Crippen LogP contribution in [0.25, 0.3) is 10.9 Å². The molecular formula is C16H20N2O2. The fourth-order valence-electron chi connectivity index (χ4n) is 1.97. The van der Waals surface area contributed by atoms with E-state index in [9.17, 15) is 4.79 Å². The van der Waals surface area contributed by atoms with E-state index in [1.807, 2.05) is 36.4 Å². The number of para-hydroxylation sites is 1. The summed E-state index contributed by atoms with van der Waals surface area (Å²) >= 11 is 0. The van der Waals surface area contributed by atoms with Crippen LogP contribution >= 0.6 is 0 Å². The molecule has 106 valence electrons. The van der Waals surface area contributed by atoms with Crippen LogP contribution in [-0.4, -0.2) is 28.1 Å². The molecule has 0 aliphatic rings. The first-order valence-corrected chi connectivity index (χ1v) is 6.77. The van der Waals surface area contributed by atoms with Crippen LogP contribution in [0.3, 0.4) is 0 Å². The first-order chi connectivity index (χ1) is 9.50. The molecule has 2 aromatic rings. The van der Waals surface area contributed by atoms with E-state index in [-0.39, 0.29) is 12.5 Å². The lowest BCUT2D eigenvalue weighted by atomic mass is 10.1. The molecule has 0 saturated carbocycles. The van der Waals surface area contributed by atoms with Crippen molar-refractivity contribution in [1.29, 1.82) is 0 Å². The molecule has 1 aromatic carbocycles. The minimum absolute atomic E-state index is 0.0704. The van der Waals surface area contributed by atoms with Crippen LogP contribution < -0.4 is 5.32 Å². The van der Waals surface area contributed by atoms with Gasteiger partial charge in [0.1, 0.15) is 0 Å². The number of amides is 1. The fourth-order valence-corrected chi connectivity index (χ4v) is 1.97. The van der Waals surface area contributed by atoms with Crippen molar-refractivity contribution in [2.45, 2.75) is 32.2 Å². The smallest absolute Gasteiger partial charge is 0.220 e. The number of nitrogens with one attached hydrogen (secondary N) is 1. The van der Waals surface area contributed by atoms with Crippen molar-refractivity contribution in [1.82, 2.24) is 10.3 Å². The van der Waals surface area contributed by atoms with E-state index in [0.717, 1.165) is 16.6 Å². The number of hydrogen-bond acceptors (Lipinski definition) is 3. The largest absolute Gasteiger partial charge is 0.394 e. The van der Waals surface area contributed by atoms with Gasteiger partial charge >= 0.3 is 0 Å². The highest BCUT2D eigenvalue weighted by Crippen LogP contribution is 2.12. The standard InChI is InChI=1S/C16H20N2O2/c1-16(2,11-19)18-15(20)10-9-13-8-7-12-5-3-4-6-14(12)17-13/h3-8,19H,9-11H2,1-2H3,(H,18,20). The van der Waals surface area contributed by atoms with Crippen LogP contribution in [0, 0.1) is 0 Å². The molecule has 4 heteroatoms. The van der Waals surface area contributed by atoms with Gasteiger partial charge in [-0.1, -0.05) is 24.3 Å². The molecule has 0 spiro atoms. The molecule has 20 heavy (non-hydrogen) atoms. The molecule has 0 saturated heterocycles. The average Bonchev–Trinajstić information content (AvgIpc) is 2.44. The maximum Gasteiger partial charge on any atom is 0.220 e. The molecule has 1 aromatic heterocycles. The monoisotopic (exact) mass is 272 g/mol. The molecule has 2 N–H and O–H groups in total. The second-order valence-electron chi connectivity index (χ2n) is 5.59. The number of carbonyl (C=O) groups excluding carboxylic acids is 1. The zero-order valence-corrected chi connectivity index (χ0v) is 11.9. The van der Waals surface area contributed by atoms with Gasteiger partial charge in [-0.2, -0.15) is 0 Å². The number of carbonyl (C=O) groups is 1. The van der Waals surface area contributed by atoms with E-state index in [0.29, 0.717) is 12.8 Å². The number of pyridine rings is 1. The minimum Gasteiger partial charge on any atom is -0.394 e. The third kappa shape index (κ3) is 3.78. The van der Waals surface area contributed by atoms with Gasteiger partial charge in [-0.15, -0.1) is 0 Å². The first-order valence-electron chi connectivity index (χ1n) is 6.77. The predicted octanol–water partition coefficient (Wildman–Crippen LogP) is 2.05. The summed E-state index contributed by atoms with van der Waals surface area (Å²) in [6.07, 6.45) is 0.965. The summed E-state index contributed by atoms with van der Waals surface area (Å²) in [6.45, 7) is 3.51. The Balaban J connectivity index is 1.97. The average molecular weight is 272 g/mol. The molecule has 0 fully saturated rings. The van der Waals surface area contributed by atoms with E-state index >= 15 is 0 Å². The summed E-state index contributed by atoms with van der Waals surface area (Å²) in [5.41, 5.74) is 1.27. The summed E-state index contributed by atoms with van der Waals surface area (Å²) in [6, 6.07) is 11.9. The van der Waals surface area contributed by atoms with Gasteiger partial charge in [-0.3, -0.25) is 9.78 Å². The molecule has 0 unspecified atom stereocenters. The maximum absolute atomic E-state index is 11.8. The summed E-state index contributed by atoms with van der Waals surface area (Å²) in [5.74, 6) is -0.0704. The van der Waals surface area contributed by atoms with Gasteiger partial charge in [0.25, 0.3) is 0 Å². The van der Waals surface area contributed by atoms with Crippen molar-refractivity contribution in [3.63, 3.8) is 0 Å².